The Morgan fingerprint density at radius 2 is 1.81 bits per heavy atom. The van der Waals surface area contributed by atoms with Gasteiger partial charge in [0.15, 0.2) is 11.5 Å². The minimum atomic E-state index is -3.77. The van der Waals surface area contributed by atoms with Crippen molar-refractivity contribution >= 4 is 16.0 Å². The summed E-state index contributed by atoms with van der Waals surface area (Å²) in [6.07, 6.45) is 1.90. The average Bonchev–Trinajstić information content (AvgIpc) is 3.16. The molecule has 0 unspecified atom stereocenters. The second-order valence-corrected chi connectivity index (χ2v) is 8.27. The molecule has 8 heteroatoms. The quantitative estimate of drug-likeness (QED) is 0.590. The normalized spacial score (nSPS) is 19.6. The molecule has 2 aliphatic heterocycles. The Morgan fingerprint density at radius 3 is 2.63 bits per heavy atom. The fourth-order valence-electron chi connectivity index (χ4n) is 3.28. The topological polar surface area (TPSA) is 82.1 Å². The van der Waals surface area contributed by atoms with Crippen molar-refractivity contribution < 1.29 is 27.4 Å². The van der Waals surface area contributed by atoms with E-state index in [1.807, 2.05) is 0 Å². The standard InChI is InChI=1S/C19H19NO6S/c21-19(26-14-9-10-17-18(12-14)25-13-24-17)16-8-4-5-11-20(16)27(22,23)15-6-2-1-3-7-15/h1-3,6-7,9-10,12,16H,4-5,8,11,13H2/t16-/m1/s1. The highest BCUT2D eigenvalue weighted by atomic mass is 32.2. The molecule has 0 bridgehead atoms. The zero-order chi connectivity index (χ0) is 18.9. The highest BCUT2D eigenvalue weighted by molar-refractivity contribution is 7.89. The van der Waals surface area contributed by atoms with Gasteiger partial charge in [-0.2, -0.15) is 4.31 Å². The Bertz CT molecular complexity index is 944. The number of ether oxygens (including phenoxy) is 3. The predicted octanol–water partition coefficient (Wildman–Crippen LogP) is 2.56. The smallest absolute Gasteiger partial charge is 0.329 e. The van der Waals surface area contributed by atoms with Gasteiger partial charge in [0.05, 0.1) is 4.90 Å². The molecule has 2 aliphatic rings. The molecule has 0 spiro atoms. The van der Waals surface area contributed by atoms with E-state index in [-0.39, 0.29) is 18.2 Å². The number of esters is 1. The predicted molar refractivity (Wildman–Crippen MR) is 96.2 cm³/mol. The summed E-state index contributed by atoms with van der Waals surface area (Å²) in [5.41, 5.74) is 0. The highest BCUT2D eigenvalue weighted by Gasteiger charge is 2.38. The van der Waals surface area contributed by atoms with Crippen LogP contribution in [0.2, 0.25) is 0 Å². The highest BCUT2D eigenvalue weighted by Crippen LogP contribution is 2.35. The second-order valence-electron chi connectivity index (χ2n) is 6.38. The Hall–Kier alpha value is -2.58. The minimum absolute atomic E-state index is 0.123. The molecule has 142 valence electrons. The Morgan fingerprint density at radius 1 is 1.04 bits per heavy atom. The number of sulfonamides is 1. The maximum absolute atomic E-state index is 13.0. The lowest BCUT2D eigenvalue weighted by Crippen LogP contribution is -2.49. The third kappa shape index (κ3) is 3.50. The molecule has 2 aromatic rings. The van der Waals surface area contributed by atoms with E-state index in [4.69, 9.17) is 14.2 Å². The molecular weight excluding hydrogens is 370 g/mol. The summed E-state index contributed by atoms with van der Waals surface area (Å²) in [4.78, 5) is 12.9. The van der Waals surface area contributed by atoms with Crippen molar-refractivity contribution in [1.29, 1.82) is 0 Å². The number of hydrogen-bond donors (Lipinski definition) is 0. The van der Waals surface area contributed by atoms with Crippen molar-refractivity contribution in [2.75, 3.05) is 13.3 Å². The largest absolute Gasteiger partial charge is 0.454 e. The third-order valence-corrected chi connectivity index (χ3v) is 6.56. The molecule has 0 N–H and O–H groups in total. The first-order valence-corrected chi connectivity index (χ1v) is 10.2. The monoisotopic (exact) mass is 389 g/mol. The van der Waals surface area contributed by atoms with Gasteiger partial charge in [0.1, 0.15) is 11.8 Å². The van der Waals surface area contributed by atoms with E-state index in [0.717, 1.165) is 6.42 Å². The summed E-state index contributed by atoms with van der Waals surface area (Å²) in [7, 11) is -3.77. The van der Waals surface area contributed by atoms with E-state index in [2.05, 4.69) is 0 Å². The first-order valence-electron chi connectivity index (χ1n) is 8.74. The van der Waals surface area contributed by atoms with E-state index in [0.29, 0.717) is 30.1 Å². The summed E-state index contributed by atoms with van der Waals surface area (Å²) in [5, 5.41) is 0. The summed E-state index contributed by atoms with van der Waals surface area (Å²) >= 11 is 0. The number of hydrogen-bond acceptors (Lipinski definition) is 6. The van der Waals surface area contributed by atoms with Crippen molar-refractivity contribution in [2.24, 2.45) is 0 Å². The van der Waals surface area contributed by atoms with Gasteiger partial charge in [0, 0.05) is 12.6 Å². The number of piperidine rings is 1. The van der Waals surface area contributed by atoms with Crippen LogP contribution >= 0.6 is 0 Å². The summed E-state index contributed by atoms with van der Waals surface area (Å²) < 4.78 is 43.2. The van der Waals surface area contributed by atoms with Gasteiger partial charge in [-0.05, 0) is 43.5 Å². The molecule has 27 heavy (non-hydrogen) atoms. The van der Waals surface area contributed by atoms with Crippen molar-refractivity contribution in [2.45, 2.75) is 30.2 Å². The van der Waals surface area contributed by atoms with Crippen LogP contribution in [0.1, 0.15) is 19.3 Å². The molecule has 0 amide bonds. The average molecular weight is 389 g/mol. The van der Waals surface area contributed by atoms with E-state index in [1.165, 1.54) is 16.4 Å². The van der Waals surface area contributed by atoms with E-state index in [1.54, 1.807) is 36.4 Å². The van der Waals surface area contributed by atoms with Gasteiger partial charge in [-0.3, -0.25) is 0 Å². The maximum atomic E-state index is 13.0. The summed E-state index contributed by atoms with van der Waals surface area (Å²) in [6, 6.07) is 12.1. The number of fused-ring (bicyclic) bond motifs is 1. The molecule has 2 aromatic carbocycles. The lowest BCUT2D eigenvalue weighted by Gasteiger charge is -2.32. The van der Waals surface area contributed by atoms with Crippen molar-refractivity contribution in [1.82, 2.24) is 4.31 Å². The molecule has 0 saturated carbocycles. The maximum Gasteiger partial charge on any atom is 0.329 e. The van der Waals surface area contributed by atoms with Crippen LogP contribution in [0.4, 0.5) is 0 Å². The van der Waals surface area contributed by atoms with Crippen LogP contribution in [-0.4, -0.2) is 38.1 Å². The zero-order valence-electron chi connectivity index (χ0n) is 14.5. The van der Waals surface area contributed by atoms with Crippen LogP contribution in [0.3, 0.4) is 0 Å². The molecular formula is C19H19NO6S. The van der Waals surface area contributed by atoms with Gasteiger partial charge in [-0.25, -0.2) is 13.2 Å². The molecule has 0 aliphatic carbocycles. The van der Waals surface area contributed by atoms with Crippen molar-refractivity contribution in [3.05, 3.63) is 48.5 Å². The molecule has 0 aromatic heterocycles. The lowest BCUT2D eigenvalue weighted by molar-refractivity contribution is -0.139. The van der Waals surface area contributed by atoms with Gasteiger partial charge in [0.2, 0.25) is 16.8 Å². The Kier molecular flexibility index (Phi) is 4.75. The Labute approximate surface area is 157 Å². The molecule has 0 radical (unpaired) electrons. The number of carbonyl (C=O) groups is 1. The van der Waals surface area contributed by atoms with Crippen LogP contribution in [0.25, 0.3) is 0 Å². The summed E-state index contributed by atoms with van der Waals surface area (Å²) in [5.74, 6) is 0.790. The second kappa shape index (κ2) is 7.21. The summed E-state index contributed by atoms with van der Waals surface area (Å²) in [6.45, 7) is 0.413. The Balaban J connectivity index is 1.56. The van der Waals surface area contributed by atoms with Gasteiger partial charge in [-0.15, -0.1) is 0 Å². The molecule has 2 heterocycles. The molecule has 1 fully saturated rings. The molecule has 1 atom stereocenters. The zero-order valence-corrected chi connectivity index (χ0v) is 15.4. The van der Waals surface area contributed by atoms with Crippen LogP contribution in [0, 0.1) is 0 Å². The molecule has 1 saturated heterocycles. The van der Waals surface area contributed by atoms with Crippen LogP contribution in [0.15, 0.2) is 53.4 Å². The van der Waals surface area contributed by atoms with Gasteiger partial charge in [0.25, 0.3) is 0 Å². The number of nitrogens with zero attached hydrogens (tertiary/aromatic N) is 1. The third-order valence-electron chi connectivity index (χ3n) is 4.64. The number of rotatable bonds is 4. The van der Waals surface area contributed by atoms with Crippen LogP contribution in [-0.2, 0) is 14.8 Å². The van der Waals surface area contributed by atoms with Gasteiger partial charge < -0.3 is 14.2 Å². The van der Waals surface area contributed by atoms with Crippen molar-refractivity contribution in [3.8, 4) is 17.2 Å². The van der Waals surface area contributed by atoms with Gasteiger partial charge >= 0.3 is 5.97 Å². The first-order chi connectivity index (χ1) is 13.1. The lowest BCUT2D eigenvalue weighted by atomic mass is 10.1. The SMILES string of the molecule is O=C(Oc1ccc2c(c1)OCO2)[C@H]1CCCCN1S(=O)(=O)c1ccccc1. The molecule has 7 nitrogen and oxygen atoms in total. The number of carbonyl (C=O) groups excluding carboxylic acids is 1. The fraction of sp³-hybridized carbons (Fsp3) is 0.316. The number of benzene rings is 2. The van der Waals surface area contributed by atoms with E-state index < -0.39 is 22.0 Å². The molecule has 4 rings (SSSR count). The van der Waals surface area contributed by atoms with Gasteiger partial charge in [-0.1, -0.05) is 18.2 Å². The minimum Gasteiger partial charge on any atom is -0.454 e. The van der Waals surface area contributed by atoms with E-state index >= 15 is 0 Å². The van der Waals surface area contributed by atoms with E-state index in [9.17, 15) is 13.2 Å². The van der Waals surface area contributed by atoms with Crippen LogP contribution < -0.4 is 14.2 Å². The fourth-order valence-corrected chi connectivity index (χ4v) is 4.95. The van der Waals surface area contributed by atoms with Crippen molar-refractivity contribution in [3.63, 3.8) is 0 Å². The first kappa shape index (κ1) is 17.8. The van der Waals surface area contributed by atoms with Crippen LogP contribution in [0.5, 0.6) is 17.2 Å².